The van der Waals surface area contributed by atoms with Gasteiger partial charge >= 0.3 is 0 Å². The second kappa shape index (κ2) is 4.10. The van der Waals surface area contributed by atoms with Crippen molar-refractivity contribution >= 4 is 0 Å². The highest BCUT2D eigenvalue weighted by atomic mass is 16.5. The first-order valence-electron chi connectivity index (χ1n) is 5.96. The van der Waals surface area contributed by atoms with Gasteiger partial charge in [-0.15, -0.1) is 0 Å². The fraction of sp³-hybridized carbons (Fsp3) is 0.571. The number of hydrogen-bond donors (Lipinski definition) is 1. The van der Waals surface area contributed by atoms with E-state index in [2.05, 4.69) is 26.0 Å². The minimum Gasteiger partial charge on any atom is -0.496 e. The molecule has 1 N–H and O–H groups in total. The fourth-order valence-corrected chi connectivity index (χ4v) is 2.53. The Morgan fingerprint density at radius 2 is 2.19 bits per heavy atom. The summed E-state index contributed by atoms with van der Waals surface area (Å²) in [6.07, 6.45) is 2.08. The Labute approximate surface area is 97.3 Å². The van der Waals surface area contributed by atoms with Crippen LogP contribution in [-0.2, 0) is 11.8 Å². The maximum atomic E-state index is 9.61. The molecule has 88 valence electrons. The Hall–Kier alpha value is -1.02. The number of ether oxygens (including phenoxy) is 1. The van der Waals surface area contributed by atoms with Crippen molar-refractivity contribution < 1.29 is 9.84 Å². The maximum absolute atomic E-state index is 9.61. The summed E-state index contributed by atoms with van der Waals surface area (Å²) >= 11 is 0. The predicted molar refractivity (Wildman–Crippen MR) is 64.9 cm³/mol. The quantitative estimate of drug-likeness (QED) is 0.845. The van der Waals surface area contributed by atoms with Crippen LogP contribution in [-0.4, -0.2) is 18.8 Å². The lowest BCUT2D eigenvalue weighted by Crippen LogP contribution is -2.16. The largest absolute Gasteiger partial charge is 0.496 e. The van der Waals surface area contributed by atoms with Crippen molar-refractivity contribution in [1.29, 1.82) is 0 Å². The van der Waals surface area contributed by atoms with E-state index in [0.29, 0.717) is 5.92 Å². The fourth-order valence-electron chi connectivity index (χ4n) is 2.53. The zero-order valence-corrected chi connectivity index (χ0v) is 10.3. The number of aliphatic hydroxyl groups excluding tert-OH is 1. The summed E-state index contributed by atoms with van der Waals surface area (Å²) in [7, 11) is 1.70. The Bertz CT molecular complexity index is 382. The minimum absolute atomic E-state index is 0.0451. The van der Waals surface area contributed by atoms with Gasteiger partial charge in [0.15, 0.2) is 0 Å². The Morgan fingerprint density at radius 1 is 1.50 bits per heavy atom. The summed E-state index contributed by atoms with van der Waals surface area (Å²) in [5.74, 6) is 1.47. The molecule has 1 aliphatic rings. The normalized spacial score (nSPS) is 27.9. The summed E-state index contributed by atoms with van der Waals surface area (Å²) in [5, 5.41) is 9.61. The third-order valence-corrected chi connectivity index (χ3v) is 3.94. The number of methoxy groups -OCH3 is 1. The molecule has 1 aromatic carbocycles. The van der Waals surface area contributed by atoms with Crippen molar-refractivity contribution in [2.75, 3.05) is 13.7 Å². The van der Waals surface area contributed by atoms with E-state index in [1.54, 1.807) is 7.11 Å². The second-order valence-electron chi connectivity index (χ2n) is 4.81. The second-order valence-corrected chi connectivity index (χ2v) is 4.81. The molecule has 1 aromatic rings. The first kappa shape index (κ1) is 11.5. The molecule has 0 heterocycles. The van der Waals surface area contributed by atoms with Crippen LogP contribution in [0.2, 0.25) is 0 Å². The molecule has 16 heavy (non-hydrogen) atoms. The van der Waals surface area contributed by atoms with Gasteiger partial charge in [-0.05, 0) is 30.4 Å². The van der Waals surface area contributed by atoms with Crippen molar-refractivity contribution in [3.8, 4) is 5.75 Å². The number of rotatable bonds is 4. The number of hydrogen-bond acceptors (Lipinski definition) is 2. The van der Waals surface area contributed by atoms with Gasteiger partial charge in [-0.25, -0.2) is 0 Å². The molecule has 2 rings (SSSR count). The van der Waals surface area contributed by atoms with Crippen LogP contribution in [0.3, 0.4) is 0 Å². The highest BCUT2D eigenvalue weighted by Crippen LogP contribution is 2.56. The average molecular weight is 220 g/mol. The Kier molecular flexibility index (Phi) is 2.94. The van der Waals surface area contributed by atoms with Crippen molar-refractivity contribution in [2.45, 2.75) is 32.1 Å². The molecule has 2 nitrogen and oxygen atoms in total. The van der Waals surface area contributed by atoms with Crippen LogP contribution in [0.4, 0.5) is 0 Å². The van der Waals surface area contributed by atoms with Crippen LogP contribution in [0.5, 0.6) is 5.75 Å². The monoisotopic (exact) mass is 220 g/mol. The third-order valence-electron chi connectivity index (χ3n) is 3.94. The topological polar surface area (TPSA) is 29.5 Å². The molecule has 1 fully saturated rings. The minimum atomic E-state index is -0.0451. The van der Waals surface area contributed by atoms with Gasteiger partial charge in [-0.2, -0.15) is 0 Å². The number of aryl methyl sites for hydroxylation is 1. The molecule has 0 aromatic heterocycles. The molecule has 0 amide bonds. The lowest BCUT2D eigenvalue weighted by molar-refractivity contribution is 0.243. The van der Waals surface area contributed by atoms with Gasteiger partial charge < -0.3 is 9.84 Å². The van der Waals surface area contributed by atoms with E-state index in [9.17, 15) is 5.11 Å². The smallest absolute Gasteiger partial charge is 0.122 e. The highest BCUT2D eigenvalue weighted by molar-refractivity contribution is 5.46. The average Bonchev–Trinajstić information content (AvgIpc) is 3.00. The van der Waals surface area contributed by atoms with E-state index in [1.165, 1.54) is 11.1 Å². The van der Waals surface area contributed by atoms with Crippen LogP contribution in [0.15, 0.2) is 18.2 Å². The van der Waals surface area contributed by atoms with Crippen molar-refractivity contribution in [3.63, 3.8) is 0 Å². The summed E-state index contributed by atoms with van der Waals surface area (Å²) in [4.78, 5) is 0. The standard InChI is InChI=1S/C14H20O2/c1-4-11-5-6-13(16-3)12(7-11)14(9-15)8-10(14)2/h5-7,10,15H,4,8-9H2,1-3H3. The summed E-state index contributed by atoms with van der Waals surface area (Å²) in [6.45, 7) is 4.56. The van der Waals surface area contributed by atoms with Crippen LogP contribution in [0.1, 0.15) is 31.4 Å². The van der Waals surface area contributed by atoms with Gasteiger partial charge in [0, 0.05) is 11.0 Å². The summed E-state index contributed by atoms with van der Waals surface area (Å²) < 4.78 is 5.41. The number of benzene rings is 1. The lowest BCUT2D eigenvalue weighted by atomic mass is 9.91. The molecule has 2 unspecified atom stereocenters. The van der Waals surface area contributed by atoms with E-state index in [0.717, 1.165) is 18.6 Å². The van der Waals surface area contributed by atoms with Crippen molar-refractivity contribution in [1.82, 2.24) is 0 Å². The Morgan fingerprint density at radius 3 is 2.62 bits per heavy atom. The molecule has 1 saturated carbocycles. The zero-order chi connectivity index (χ0) is 11.8. The molecule has 0 saturated heterocycles. The van der Waals surface area contributed by atoms with Gasteiger partial charge in [0.2, 0.25) is 0 Å². The molecule has 2 heteroatoms. The first-order chi connectivity index (χ1) is 7.67. The summed E-state index contributed by atoms with van der Waals surface area (Å²) in [5.41, 5.74) is 2.45. The lowest BCUT2D eigenvalue weighted by Gasteiger charge is -2.18. The van der Waals surface area contributed by atoms with E-state index in [4.69, 9.17) is 4.74 Å². The van der Waals surface area contributed by atoms with Gasteiger partial charge in [-0.3, -0.25) is 0 Å². The van der Waals surface area contributed by atoms with Crippen LogP contribution >= 0.6 is 0 Å². The van der Waals surface area contributed by atoms with Gasteiger partial charge in [0.05, 0.1) is 13.7 Å². The first-order valence-corrected chi connectivity index (χ1v) is 5.96. The molecule has 0 radical (unpaired) electrons. The molecular weight excluding hydrogens is 200 g/mol. The van der Waals surface area contributed by atoms with Crippen molar-refractivity contribution in [3.05, 3.63) is 29.3 Å². The van der Waals surface area contributed by atoms with E-state index in [-0.39, 0.29) is 12.0 Å². The predicted octanol–water partition coefficient (Wildman–Crippen LogP) is 2.53. The highest BCUT2D eigenvalue weighted by Gasteiger charge is 2.53. The van der Waals surface area contributed by atoms with Gasteiger partial charge in [0.25, 0.3) is 0 Å². The molecule has 0 spiro atoms. The van der Waals surface area contributed by atoms with Gasteiger partial charge in [0.1, 0.15) is 5.75 Å². The molecule has 1 aliphatic carbocycles. The maximum Gasteiger partial charge on any atom is 0.122 e. The number of aliphatic hydroxyl groups is 1. The van der Waals surface area contributed by atoms with Gasteiger partial charge in [-0.1, -0.05) is 26.0 Å². The van der Waals surface area contributed by atoms with Crippen LogP contribution in [0, 0.1) is 5.92 Å². The SMILES string of the molecule is CCc1ccc(OC)c(C2(CO)CC2C)c1. The van der Waals surface area contributed by atoms with Crippen molar-refractivity contribution in [2.24, 2.45) is 5.92 Å². The Balaban J connectivity index is 2.45. The van der Waals surface area contributed by atoms with E-state index < -0.39 is 0 Å². The molecule has 0 bridgehead atoms. The van der Waals surface area contributed by atoms with E-state index >= 15 is 0 Å². The zero-order valence-electron chi connectivity index (χ0n) is 10.3. The molecule has 0 aliphatic heterocycles. The third kappa shape index (κ3) is 1.61. The van der Waals surface area contributed by atoms with Crippen LogP contribution < -0.4 is 4.74 Å². The van der Waals surface area contributed by atoms with E-state index in [1.807, 2.05) is 6.07 Å². The molecular formula is C14H20O2. The molecule has 2 atom stereocenters. The van der Waals surface area contributed by atoms with Crippen LogP contribution in [0.25, 0.3) is 0 Å². The summed E-state index contributed by atoms with van der Waals surface area (Å²) in [6, 6.07) is 6.32.